The van der Waals surface area contributed by atoms with Gasteiger partial charge in [0.05, 0.1) is 0 Å². The Bertz CT molecular complexity index is 705. The Balaban J connectivity index is 2.49. The number of hydrogen-bond acceptors (Lipinski definition) is 1. The van der Waals surface area contributed by atoms with Crippen LogP contribution in [0.3, 0.4) is 0 Å². The third-order valence-corrected chi connectivity index (χ3v) is 3.15. The highest BCUT2D eigenvalue weighted by Crippen LogP contribution is 2.30. The number of halogens is 6. The molecule has 0 spiro atoms. The quantitative estimate of drug-likeness (QED) is 0.193. The van der Waals surface area contributed by atoms with E-state index in [0.29, 0.717) is 5.69 Å². The molecular weight excluding hydrogens is 327 g/mol. The number of hydrogen-bond donors (Lipinski definition) is 0. The van der Waals surface area contributed by atoms with E-state index in [0.717, 1.165) is 0 Å². The Morgan fingerprint density at radius 2 is 1.32 bits per heavy atom. The Hall–Kier alpha value is -2.15. The molecule has 0 amide bonds. The number of benzene rings is 2. The lowest BCUT2D eigenvalue weighted by Gasteiger charge is -2.17. The molecule has 8 heteroatoms. The van der Waals surface area contributed by atoms with E-state index < -0.39 is 40.1 Å². The predicted octanol–water partition coefficient (Wildman–Crippen LogP) is 4.74. The van der Waals surface area contributed by atoms with Crippen LogP contribution in [0.4, 0.5) is 33.3 Å². The second kappa shape index (κ2) is 6.31. The topological polar surface area (TPSA) is 15.6 Å². The minimum atomic E-state index is -2.25. The lowest BCUT2D eigenvalue weighted by Crippen LogP contribution is -2.21. The van der Waals surface area contributed by atoms with Gasteiger partial charge in [-0.25, -0.2) is 26.9 Å². The van der Waals surface area contributed by atoms with Crippen molar-refractivity contribution >= 4 is 28.3 Å². The second-order valence-corrected chi connectivity index (χ2v) is 4.53. The third-order valence-electron chi connectivity index (χ3n) is 2.81. The Kier molecular flexibility index (Phi) is 4.65. The van der Waals surface area contributed by atoms with Crippen LogP contribution in [0.1, 0.15) is 0 Å². The van der Waals surface area contributed by atoms with E-state index in [2.05, 4.69) is 4.99 Å². The van der Waals surface area contributed by atoms with Gasteiger partial charge in [0, 0.05) is 12.7 Å². The van der Waals surface area contributed by atoms with Crippen molar-refractivity contribution < 1.29 is 22.0 Å². The van der Waals surface area contributed by atoms with Crippen LogP contribution in [0.5, 0.6) is 0 Å². The molecule has 2 rings (SSSR count). The summed E-state index contributed by atoms with van der Waals surface area (Å²) in [5.74, 6) is -10.5. The minimum Gasteiger partial charge on any atom is -0.320 e. The summed E-state index contributed by atoms with van der Waals surface area (Å²) < 4.78 is 66.2. The summed E-state index contributed by atoms with van der Waals surface area (Å²) in [6.45, 7) is 0. The lowest BCUT2D eigenvalue weighted by molar-refractivity contribution is 0.381. The lowest BCUT2D eigenvalue weighted by atomic mass is 10.2. The molecule has 0 radical (unpaired) electrons. The summed E-state index contributed by atoms with van der Waals surface area (Å²) in [5, 5.41) is -0.464. The maximum Gasteiger partial charge on any atom is 0.203 e. The monoisotopic (exact) mass is 334 g/mol. The minimum absolute atomic E-state index is 0.464. The maximum atomic E-state index is 13.5. The van der Waals surface area contributed by atoms with Crippen LogP contribution in [0, 0.1) is 29.1 Å². The number of nitrogens with zero attached hydrogens (tertiary/aromatic N) is 2. The summed E-state index contributed by atoms with van der Waals surface area (Å²) in [6.07, 6.45) is 0. The first kappa shape index (κ1) is 16.2. The van der Waals surface area contributed by atoms with Crippen molar-refractivity contribution in [3.05, 3.63) is 59.4 Å². The zero-order chi connectivity index (χ0) is 16.4. The summed E-state index contributed by atoms with van der Waals surface area (Å²) in [6, 6.07) is 8.32. The Labute approximate surface area is 127 Å². The predicted molar refractivity (Wildman–Crippen MR) is 74.0 cm³/mol. The van der Waals surface area contributed by atoms with Crippen molar-refractivity contribution in [2.24, 2.45) is 4.99 Å². The van der Waals surface area contributed by atoms with E-state index in [9.17, 15) is 22.0 Å². The standard InChI is InChI=1S/C14H8ClF5N2/c1-22(7-5-3-2-4-6-7)14(15)21-13-11(19)9(17)8(16)10(18)12(13)20/h2-6H,1H3. The molecule has 2 nitrogen and oxygen atoms in total. The molecule has 2 aromatic carbocycles. The second-order valence-electron chi connectivity index (χ2n) is 4.19. The van der Waals surface area contributed by atoms with E-state index in [-0.39, 0.29) is 0 Å². The number of rotatable bonds is 2. The smallest absolute Gasteiger partial charge is 0.203 e. The molecule has 0 aliphatic carbocycles. The molecule has 0 heterocycles. The average molecular weight is 335 g/mol. The van der Waals surface area contributed by atoms with Crippen LogP contribution in [0.15, 0.2) is 35.3 Å². The van der Waals surface area contributed by atoms with Gasteiger partial charge in [-0.05, 0) is 23.7 Å². The highest BCUT2D eigenvalue weighted by atomic mass is 35.5. The summed E-state index contributed by atoms with van der Waals surface area (Å²) in [4.78, 5) is 4.53. The number of amidine groups is 1. The van der Waals surface area contributed by atoms with Crippen LogP contribution >= 0.6 is 11.6 Å². The molecule has 22 heavy (non-hydrogen) atoms. The number of anilines is 1. The molecule has 0 saturated heterocycles. The van der Waals surface area contributed by atoms with Gasteiger partial charge in [0.25, 0.3) is 0 Å². The Morgan fingerprint density at radius 3 is 1.82 bits per heavy atom. The molecule has 0 bridgehead atoms. The van der Waals surface area contributed by atoms with Crippen LogP contribution in [0.2, 0.25) is 0 Å². The van der Waals surface area contributed by atoms with Crippen molar-refractivity contribution in [2.75, 3.05) is 11.9 Å². The van der Waals surface area contributed by atoms with Crippen LogP contribution in [-0.4, -0.2) is 12.3 Å². The zero-order valence-electron chi connectivity index (χ0n) is 11.0. The summed E-state index contributed by atoms with van der Waals surface area (Å²) >= 11 is 5.79. The summed E-state index contributed by atoms with van der Waals surface area (Å²) in [7, 11) is 1.42. The third kappa shape index (κ3) is 2.89. The van der Waals surface area contributed by atoms with Crippen molar-refractivity contribution in [3.63, 3.8) is 0 Å². The van der Waals surface area contributed by atoms with Gasteiger partial charge in [-0.1, -0.05) is 18.2 Å². The average Bonchev–Trinajstić information content (AvgIpc) is 2.55. The first-order chi connectivity index (χ1) is 10.3. The van der Waals surface area contributed by atoms with Gasteiger partial charge in [0.1, 0.15) is 5.69 Å². The molecule has 0 fully saturated rings. The highest BCUT2D eigenvalue weighted by molar-refractivity contribution is 6.68. The molecule has 0 aliphatic heterocycles. The maximum absolute atomic E-state index is 13.5. The van der Waals surface area contributed by atoms with Crippen molar-refractivity contribution in [1.29, 1.82) is 0 Å². The number of aliphatic imine (C=N–C) groups is 1. The van der Waals surface area contributed by atoms with E-state index in [1.807, 2.05) is 0 Å². The first-order valence-corrected chi connectivity index (χ1v) is 6.26. The van der Waals surface area contributed by atoms with Gasteiger partial charge in [-0.15, -0.1) is 0 Å². The molecule has 0 saturated carbocycles. The van der Waals surface area contributed by atoms with Crippen LogP contribution in [0.25, 0.3) is 0 Å². The molecule has 0 aliphatic rings. The normalized spacial score (nSPS) is 11.7. The van der Waals surface area contributed by atoms with Crippen LogP contribution in [-0.2, 0) is 0 Å². The molecule has 0 N–H and O–H groups in total. The first-order valence-electron chi connectivity index (χ1n) is 5.89. The van der Waals surface area contributed by atoms with E-state index in [1.165, 1.54) is 11.9 Å². The van der Waals surface area contributed by atoms with Gasteiger partial charge in [0.15, 0.2) is 23.3 Å². The van der Waals surface area contributed by atoms with Crippen molar-refractivity contribution in [2.45, 2.75) is 0 Å². The zero-order valence-corrected chi connectivity index (χ0v) is 11.8. The molecule has 0 aromatic heterocycles. The Morgan fingerprint density at radius 1 is 0.864 bits per heavy atom. The molecular formula is C14H8ClF5N2. The fourth-order valence-electron chi connectivity index (χ4n) is 1.62. The molecule has 2 aromatic rings. The van der Waals surface area contributed by atoms with Gasteiger partial charge in [0.2, 0.25) is 11.1 Å². The molecule has 116 valence electrons. The van der Waals surface area contributed by atoms with Gasteiger partial charge in [-0.2, -0.15) is 0 Å². The highest BCUT2D eigenvalue weighted by Gasteiger charge is 2.26. The van der Waals surface area contributed by atoms with Gasteiger partial charge < -0.3 is 4.90 Å². The van der Waals surface area contributed by atoms with E-state index >= 15 is 0 Å². The van der Waals surface area contributed by atoms with Gasteiger partial charge in [-0.3, -0.25) is 0 Å². The van der Waals surface area contributed by atoms with Crippen molar-refractivity contribution in [1.82, 2.24) is 0 Å². The fraction of sp³-hybridized carbons (Fsp3) is 0.0714. The van der Waals surface area contributed by atoms with Gasteiger partial charge >= 0.3 is 0 Å². The molecule has 0 unspecified atom stereocenters. The number of para-hydroxylation sites is 1. The van der Waals surface area contributed by atoms with Crippen molar-refractivity contribution in [3.8, 4) is 0 Å². The molecule has 0 atom stereocenters. The SMILES string of the molecule is CN(C(Cl)=Nc1c(F)c(F)c(F)c(F)c1F)c1ccccc1. The van der Waals surface area contributed by atoms with E-state index in [4.69, 9.17) is 11.6 Å². The largest absolute Gasteiger partial charge is 0.320 e. The fourth-order valence-corrected chi connectivity index (χ4v) is 1.80. The van der Waals surface area contributed by atoms with E-state index in [1.54, 1.807) is 30.3 Å². The van der Waals surface area contributed by atoms with Crippen LogP contribution < -0.4 is 4.90 Å². The summed E-state index contributed by atoms with van der Waals surface area (Å²) in [5.41, 5.74) is -0.829.